The first-order chi connectivity index (χ1) is 3.80. The van der Waals surface area contributed by atoms with Crippen molar-refractivity contribution in [2.75, 3.05) is 5.75 Å². The Hall–Kier alpha value is 0.350. The second-order valence-electron chi connectivity index (χ2n) is 2.70. The summed E-state index contributed by atoms with van der Waals surface area (Å²) in [5.74, 6) is 2.36. The summed E-state index contributed by atoms with van der Waals surface area (Å²) < 4.78 is 0. The van der Waals surface area contributed by atoms with Gasteiger partial charge in [0.15, 0.2) is 0 Å². The lowest BCUT2D eigenvalue weighted by Gasteiger charge is -2.24. The summed E-state index contributed by atoms with van der Waals surface area (Å²) in [6, 6.07) is 0. The highest BCUT2D eigenvalue weighted by atomic mass is 32.2. The van der Waals surface area contributed by atoms with Crippen LogP contribution < -0.4 is 0 Å². The van der Waals surface area contributed by atoms with Crippen molar-refractivity contribution < 1.29 is 0 Å². The lowest BCUT2D eigenvalue weighted by molar-refractivity contribution is 0.507. The molecule has 1 heteroatoms. The molecule has 1 heterocycles. The van der Waals surface area contributed by atoms with Gasteiger partial charge in [0.2, 0.25) is 0 Å². The molecule has 0 aromatic rings. The van der Waals surface area contributed by atoms with E-state index in [1.54, 1.807) is 0 Å². The van der Waals surface area contributed by atoms with Crippen molar-refractivity contribution in [3.05, 3.63) is 0 Å². The fourth-order valence-corrected chi connectivity index (χ4v) is 2.24. The standard InChI is InChI=1S/C7H14S/c1-6-4-3-5-8-7(6)2/h6-7H,3-5H2,1-2H3/t6-,7+/m1/s1. The predicted octanol–water partition coefficient (Wildman–Crippen LogP) is 2.54. The first-order valence-electron chi connectivity index (χ1n) is 3.42. The molecule has 0 saturated carbocycles. The van der Waals surface area contributed by atoms with E-state index in [1.807, 2.05) is 0 Å². The summed E-state index contributed by atoms with van der Waals surface area (Å²) >= 11 is 2.13. The minimum atomic E-state index is 0.920. The third-order valence-electron chi connectivity index (χ3n) is 1.99. The SMILES string of the molecule is C[C@@H]1CCCS[C@H]1C. The third-order valence-corrected chi connectivity index (χ3v) is 3.50. The van der Waals surface area contributed by atoms with E-state index in [1.165, 1.54) is 18.6 Å². The zero-order valence-electron chi connectivity index (χ0n) is 5.68. The van der Waals surface area contributed by atoms with E-state index in [0.717, 1.165) is 11.2 Å². The summed E-state index contributed by atoms with van der Waals surface area (Å²) in [6.45, 7) is 4.70. The van der Waals surface area contributed by atoms with Gasteiger partial charge in [-0.25, -0.2) is 0 Å². The molecule has 1 fully saturated rings. The Bertz CT molecular complexity index is 60.8. The summed E-state index contributed by atoms with van der Waals surface area (Å²) in [5, 5.41) is 0.920. The molecule has 8 heavy (non-hydrogen) atoms. The quantitative estimate of drug-likeness (QED) is 0.485. The van der Waals surface area contributed by atoms with Crippen LogP contribution in [0.3, 0.4) is 0 Å². The van der Waals surface area contributed by atoms with E-state index in [-0.39, 0.29) is 0 Å². The largest absolute Gasteiger partial charge is 0.159 e. The summed E-state index contributed by atoms with van der Waals surface area (Å²) in [4.78, 5) is 0. The predicted molar refractivity (Wildman–Crippen MR) is 40.3 cm³/mol. The van der Waals surface area contributed by atoms with E-state index in [2.05, 4.69) is 25.6 Å². The van der Waals surface area contributed by atoms with Crippen LogP contribution in [-0.4, -0.2) is 11.0 Å². The van der Waals surface area contributed by atoms with Crippen molar-refractivity contribution in [1.82, 2.24) is 0 Å². The van der Waals surface area contributed by atoms with Gasteiger partial charge in [0.05, 0.1) is 0 Å². The van der Waals surface area contributed by atoms with Crippen LogP contribution in [0.1, 0.15) is 26.7 Å². The maximum absolute atomic E-state index is 2.36. The van der Waals surface area contributed by atoms with Gasteiger partial charge >= 0.3 is 0 Å². The van der Waals surface area contributed by atoms with Crippen LogP contribution >= 0.6 is 11.8 Å². The second-order valence-corrected chi connectivity index (χ2v) is 4.18. The molecule has 48 valence electrons. The summed E-state index contributed by atoms with van der Waals surface area (Å²) in [6.07, 6.45) is 2.89. The second kappa shape index (κ2) is 2.77. The lowest BCUT2D eigenvalue weighted by Crippen LogP contribution is -2.15. The van der Waals surface area contributed by atoms with E-state index in [9.17, 15) is 0 Å². The van der Waals surface area contributed by atoms with Crippen molar-refractivity contribution in [3.63, 3.8) is 0 Å². The van der Waals surface area contributed by atoms with Crippen molar-refractivity contribution in [1.29, 1.82) is 0 Å². The van der Waals surface area contributed by atoms with Gasteiger partial charge in [-0.3, -0.25) is 0 Å². The maximum atomic E-state index is 2.36. The zero-order chi connectivity index (χ0) is 5.98. The Balaban J connectivity index is 2.28. The Morgan fingerprint density at radius 3 is 2.50 bits per heavy atom. The van der Waals surface area contributed by atoms with Gasteiger partial charge in [-0.05, 0) is 24.5 Å². The molecule has 0 amide bonds. The Labute approximate surface area is 56.0 Å². The molecule has 0 nitrogen and oxygen atoms in total. The number of hydrogen-bond acceptors (Lipinski definition) is 1. The van der Waals surface area contributed by atoms with Crippen molar-refractivity contribution in [2.45, 2.75) is 31.9 Å². The Kier molecular flexibility index (Phi) is 2.24. The molecule has 1 saturated heterocycles. The molecule has 0 N–H and O–H groups in total. The first-order valence-corrected chi connectivity index (χ1v) is 4.47. The van der Waals surface area contributed by atoms with Crippen LogP contribution in [0.4, 0.5) is 0 Å². The molecule has 1 aliphatic rings. The normalized spacial score (nSPS) is 39.8. The maximum Gasteiger partial charge on any atom is 0.00443 e. The number of hydrogen-bond donors (Lipinski definition) is 0. The molecule has 2 atom stereocenters. The van der Waals surface area contributed by atoms with Gasteiger partial charge in [-0.2, -0.15) is 11.8 Å². The van der Waals surface area contributed by atoms with Crippen LogP contribution in [0.2, 0.25) is 0 Å². The van der Waals surface area contributed by atoms with Gasteiger partial charge in [0, 0.05) is 5.25 Å². The fraction of sp³-hybridized carbons (Fsp3) is 1.00. The molecule has 0 aliphatic carbocycles. The van der Waals surface area contributed by atoms with E-state index in [0.29, 0.717) is 0 Å². The molecule has 0 aromatic carbocycles. The van der Waals surface area contributed by atoms with Crippen LogP contribution in [-0.2, 0) is 0 Å². The zero-order valence-corrected chi connectivity index (χ0v) is 6.50. The number of thioether (sulfide) groups is 1. The topological polar surface area (TPSA) is 0 Å². The van der Waals surface area contributed by atoms with Crippen molar-refractivity contribution in [3.8, 4) is 0 Å². The first kappa shape index (κ1) is 6.47. The van der Waals surface area contributed by atoms with E-state index >= 15 is 0 Å². The molecule has 1 rings (SSSR count). The van der Waals surface area contributed by atoms with Crippen molar-refractivity contribution >= 4 is 11.8 Å². The minimum absolute atomic E-state index is 0.920. The summed E-state index contributed by atoms with van der Waals surface area (Å²) in [7, 11) is 0. The van der Waals surface area contributed by atoms with Gasteiger partial charge in [-0.1, -0.05) is 13.8 Å². The molecule has 0 radical (unpaired) electrons. The molecule has 0 aromatic heterocycles. The Morgan fingerprint density at radius 2 is 2.12 bits per heavy atom. The molecule has 0 spiro atoms. The minimum Gasteiger partial charge on any atom is -0.159 e. The monoisotopic (exact) mass is 130 g/mol. The Morgan fingerprint density at radius 1 is 1.38 bits per heavy atom. The summed E-state index contributed by atoms with van der Waals surface area (Å²) in [5.41, 5.74) is 0. The average Bonchev–Trinajstić information content (AvgIpc) is 1.77. The van der Waals surface area contributed by atoms with E-state index < -0.39 is 0 Å². The number of rotatable bonds is 0. The van der Waals surface area contributed by atoms with Gasteiger partial charge in [0.25, 0.3) is 0 Å². The lowest BCUT2D eigenvalue weighted by atomic mass is 10.0. The van der Waals surface area contributed by atoms with Gasteiger partial charge < -0.3 is 0 Å². The van der Waals surface area contributed by atoms with E-state index in [4.69, 9.17) is 0 Å². The molecule has 0 unspecified atom stereocenters. The van der Waals surface area contributed by atoms with Crippen LogP contribution in [0.15, 0.2) is 0 Å². The highest BCUT2D eigenvalue weighted by molar-refractivity contribution is 7.99. The van der Waals surface area contributed by atoms with Gasteiger partial charge in [-0.15, -0.1) is 0 Å². The highest BCUT2D eigenvalue weighted by Gasteiger charge is 2.16. The fourth-order valence-electron chi connectivity index (χ4n) is 1.07. The van der Waals surface area contributed by atoms with Crippen LogP contribution in [0, 0.1) is 5.92 Å². The van der Waals surface area contributed by atoms with Crippen molar-refractivity contribution in [2.24, 2.45) is 5.92 Å². The molecule has 0 bridgehead atoms. The third kappa shape index (κ3) is 1.41. The molecular weight excluding hydrogens is 116 g/mol. The van der Waals surface area contributed by atoms with Crippen LogP contribution in [0.25, 0.3) is 0 Å². The molecular formula is C7H14S. The molecule has 1 aliphatic heterocycles. The van der Waals surface area contributed by atoms with Crippen LogP contribution in [0.5, 0.6) is 0 Å². The highest BCUT2D eigenvalue weighted by Crippen LogP contribution is 2.29. The smallest absolute Gasteiger partial charge is 0.00443 e. The average molecular weight is 130 g/mol. The van der Waals surface area contributed by atoms with Gasteiger partial charge in [0.1, 0.15) is 0 Å².